The van der Waals surface area contributed by atoms with Crippen molar-refractivity contribution in [1.29, 1.82) is 10.5 Å². The molecule has 0 spiro atoms. The van der Waals surface area contributed by atoms with E-state index in [4.69, 9.17) is 4.74 Å². The first kappa shape index (κ1) is 18.6. The van der Waals surface area contributed by atoms with Crippen molar-refractivity contribution in [1.82, 2.24) is 5.32 Å². The number of hydrogen-bond donors (Lipinski definition) is 1. The topological polar surface area (TPSA) is 85.9 Å². The number of rotatable bonds is 3. The monoisotopic (exact) mass is 359 g/mol. The van der Waals surface area contributed by atoms with Crippen LogP contribution in [0.25, 0.3) is 0 Å². The van der Waals surface area contributed by atoms with Gasteiger partial charge in [0, 0.05) is 5.92 Å². The molecule has 5 heteroatoms. The molecule has 1 aliphatic heterocycles. The normalized spacial score (nSPS) is 23.2. The van der Waals surface area contributed by atoms with E-state index in [1.807, 2.05) is 62.4 Å². The highest BCUT2D eigenvalue weighted by atomic mass is 16.5. The third kappa shape index (κ3) is 2.97. The van der Waals surface area contributed by atoms with Crippen molar-refractivity contribution in [2.75, 3.05) is 7.11 Å². The first-order valence-corrected chi connectivity index (χ1v) is 8.77. The number of nitrogens with one attached hydrogen (secondary N) is 1. The van der Waals surface area contributed by atoms with Crippen molar-refractivity contribution in [3.63, 3.8) is 0 Å². The summed E-state index contributed by atoms with van der Waals surface area (Å²) in [6, 6.07) is 18.3. The number of methoxy groups -OCH3 is 1. The van der Waals surface area contributed by atoms with Crippen molar-refractivity contribution in [3.05, 3.63) is 70.8 Å². The summed E-state index contributed by atoms with van der Waals surface area (Å²) in [5, 5.41) is 23.5. The quantitative estimate of drug-likeness (QED) is 0.850. The number of esters is 1. The maximum absolute atomic E-state index is 12.5. The Balaban J connectivity index is 2.22. The van der Waals surface area contributed by atoms with Gasteiger partial charge in [0.05, 0.1) is 25.3 Å². The molecule has 1 fully saturated rings. The molecule has 1 heterocycles. The minimum atomic E-state index is -1.44. The Morgan fingerprint density at radius 3 is 2.26 bits per heavy atom. The van der Waals surface area contributed by atoms with E-state index in [0.29, 0.717) is 0 Å². The van der Waals surface area contributed by atoms with Gasteiger partial charge in [-0.15, -0.1) is 0 Å². The minimum absolute atomic E-state index is 0.480. The van der Waals surface area contributed by atoms with Gasteiger partial charge in [-0.25, -0.2) is 0 Å². The zero-order valence-electron chi connectivity index (χ0n) is 15.6. The first-order valence-electron chi connectivity index (χ1n) is 8.77. The van der Waals surface area contributed by atoms with Crippen LogP contribution in [0.15, 0.2) is 48.5 Å². The molecule has 3 atom stereocenters. The standard InChI is InChI=1S/C22H21N3O2/c1-14-8-10-16(11-9-14)18-19(21(26)27-3)25-20(22(18,12-23)13-24)17-7-5-4-6-15(17)2/h4-11,18-20,25H,1-3H3/t18-,19+,20-/m0/s1. The van der Waals surface area contributed by atoms with E-state index in [1.54, 1.807) is 0 Å². The summed E-state index contributed by atoms with van der Waals surface area (Å²) < 4.78 is 4.99. The molecule has 0 radical (unpaired) electrons. The number of hydrogen-bond acceptors (Lipinski definition) is 5. The number of benzene rings is 2. The minimum Gasteiger partial charge on any atom is -0.468 e. The fourth-order valence-electron chi connectivity index (χ4n) is 3.95. The number of carbonyl (C=O) groups excluding carboxylic acids is 1. The van der Waals surface area contributed by atoms with Crippen LogP contribution in [-0.2, 0) is 9.53 Å². The lowest BCUT2D eigenvalue weighted by Crippen LogP contribution is -2.37. The molecule has 0 bridgehead atoms. The highest BCUT2D eigenvalue weighted by Crippen LogP contribution is 2.53. The Kier molecular flexibility index (Phi) is 4.99. The number of carbonyl (C=O) groups is 1. The predicted molar refractivity (Wildman–Crippen MR) is 100 cm³/mol. The number of aryl methyl sites for hydroxylation is 2. The highest BCUT2D eigenvalue weighted by molar-refractivity contribution is 5.79. The fraction of sp³-hybridized carbons (Fsp3) is 0.318. The zero-order chi connectivity index (χ0) is 19.6. The second-order valence-electron chi connectivity index (χ2n) is 6.94. The summed E-state index contributed by atoms with van der Waals surface area (Å²) in [4.78, 5) is 12.5. The van der Waals surface area contributed by atoms with E-state index in [-0.39, 0.29) is 0 Å². The Hall–Kier alpha value is -3.15. The van der Waals surface area contributed by atoms with Crippen molar-refractivity contribution >= 4 is 5.97 Å². The van der Waals surface area contributed by atoms with Gasteiger partial charge in [-0.3, -0.25) is 10.1 Å². The van der Waals surface area contributed by atoms with Crippen molar-refractivity contribution in [3.8, 4) is 12.1 Å². The van der Waals surface area contributed by atoms with Gasteiger partial charge in [0.15, 0.2) is 5.41 Å². The average molecular weight is 359 g/mol. The lowest BCUT2D eigenvalue weighted by atomic mass is 9.68. The molecule has 0 aromatic heterocycles. The maximum atomic E-state index is 12.5. The van der Waals surface area contributed by atoms with Gasteiger partial charge in [0.2, 0.25) is 0 Å². The van der Waals surface area contributed by atoms with Crippen LogP contribution < -0.4 is 5.32 Å². The van der Waals surface area contributed by atoms with E-state index in [1.165, 1.54) is 7.11 Å². The fourth-order valence-corrected chi connectivity index (χ4v) is 3.95. The molecule has 27 heavy (non-hydrogen) atoms. The summed E-state index contributed by atoms with van der Waals surface area (Å²) in [5.74, 6) is -1.13. The summed E-state index contributed by atoms with van der Waals surface area (Å²) in [6.45, 7) is 3.90. The van der Waals surface area contributed by atoms with Crippen molar-refractivity contribution in [2.45, 2.75) is 31.8 Å². The summed E-state index contributed by atoms with van der Waals surface area (Å²) in [5.41, 5.74) is 2.18. The van der Waals surface area contributed by atoms with Crippen LogP contribution in [0.3, 0.4) is 0 Å². The van der Waals surface area contributed by atoms with Crippen LogP contribution in [-0.4, -0.2) is 19.1 Å². The molecule has 0 aliphatic carbocycles. The van der Waals surface area contributed by atoms with Gasteiger partial charge in [-0.05, 0) is 30.5 Å². The average Bonchev–Trinajstić information content (AvgIpc) is 3.03. The van der Waals surface area contributed by atoms with Crippen LogP contribution >= 0.6 is 0 Å². The predicted octanol–water partition coefficient (Wildman–Crippen LogP) is 3.31. The van der Waals surface area contributed by atoms with Gasteiger partial charge in [0.1, 0.15) is 6.04 Å². The van der Waals surface area contributed by atoms with Crippen LogP contribution in [0.5, 0.6) is 0 Å². The van der Waals surface area contributed by atoms with Crippen LogP contribution in [0.4, 0.5) is 0 Å². The third-order valence-corrected chi connectivity index (χ3v) is 5.39. The van der Waals surface area contributed by atoms with E-state index in [9.17, 15) is 15.3 Å². The molecule has 2 aromatic rings. The maximum Gasteiger partial charge on any atom is 0.323 e. The molecule has 1 N–H and O–H groups in total. The van der Waals surface area contributed by atoms with Crippen molar-refractivity contribution < 1.29 is 9.53 Å². The number of ether oxygens (including phenoxy) is 1. The Labute approximate surface area is 159 Å². The van der Waals surface area contributed by atoms with E-state index in [0.717, 1.165) is 22.3 Å². The molecule has 2 aromatic carbocycles. The third-order valence-electron chi connectivity index (χ3n) is 5.39. The molecule has 0 unspecified atom stereocenters. The largest absolute Gasteiger partial charge is 0.468 e. The van der Waals surface area contributed by atoms with E-state index < -0.39 is 29.4 Å². The van der Waals surface area contributed by atoms with E-state index >= 15 is 0 Å². The number of nitriles is 2. The molecule has 1 saturated heterocycles. The lowest BCUT2D eigenvalue weighted by molar-refractivity contribution is -0.143. The molecule has 1 aliphatic rings. The zero-order valence-corrected chi connectivity index (χ0v) is 15.6. The summed E-state index contributed by atoms with van der Waals surface area (Å²) >= 11 is 0. The second-order valence-corrected chi connectivity index (χ2v) is 6.94. The first-order chi connectivity index (χ1) is 13.0. The van der Waals surface area contributed by atoms with Crippen LogP contribution in [0, 0.1) is 41.9 Å². The molecule has 5 nitrogen and oxygen atoms in total. The molecular weight excluding hydrogens is 338 g/mol. The number of nitrogens with zero attached hydrogens (tertiary/aromatic N) is 2. The van der Waals surface area contributed by atoms with Gasteiger partial charge < -0.3 is 4.74 Å². The smallest absolute Gasteiger partial charge is 0.323 e. The SMILES string of the molecule is COC(=O)[C@@H]1N[C@@H](c2ccccc2C)C(C#N)(C#N)[C@H]1c1ccc(C)cc1. The Bertz CT molecular complexity index is 923. The van der Waals surface area contributed by atoms with Gasteiger partial charge in [0.25, 0.3) is 0 Å². The molecule has 0 saturated carbocycles. The van der Waals surface area contributed by atoms with Crippen LogP contribution in [0.1, 0.15) is 34.2 Å². The summed E-state index contributed by atoms with van der Waals surface area (Å²) in [7, 11) is 1.32. The van der Waals surface area contributed by atoms with Crippen molar-refractivity contribution in [2.24, 2.45) is 5.41 Å². The Morgan fingerprint density at radius 2 is 1.70 bits per heavy atom. The van der Waals surface area contributed by atoms with Crippen LogP contribution in [0.2, 0.25) is 0 Å². The summed E-state index contributed by atoms with van der Waals surface area (Å²) in [6.07, 6.45) is 0. The van der Waals surface area contributed by atoms with Gasteiger partial charge in [-0.1, -0.05) is 54.1 Å². The second kappa shape index (κ2) is 7.23. The molecule has 0 amide bonds. The molecule has 136 valence electrons. The molecule has 3 rings (SSSR count). The lowest BCUT2D eigenvalue weighted by Gasteiger charge is -2.28. The highest BCUT2D eigenvalue weighted by Gasteiger charge is 2.60. The Morgan fingerprint density at radius 1 is 1.07 bits per heavy atom. The van der Waals surface area contributed by atoms with E-state index in [2.05, 4.69) is 17.5 Å². The van der Waals surface area contributed by atoms with Gasteiger partial charge >= 0.3 is 5.97 Å². The molecular formula is C22H21N3O2. The van der Waals surface area contributed by atoms with Gasteiger partial charge in [-0.2, -0.15) is 10.5 Å².